The molecule has 0 saturated carbocycles. The topological polar surface area (TPSA) is 87.9 Å². The lowest BCUT2D eigenvalue weighted by Gasteiger charge is -2.29. The van der Waals surface area contributed by atoms with Crippen molar-refractivity contribution in [3.8, 4) is 16.9 Å². The van der Waals surface area contributed by atoms with Crippen molar-refractivity contribution in [3.05, 3.63) is 73.3 Å². The van der Waals surface area contributed by atoms with Crippen LogP contribution in [0.2, 0.25) is 0 Å². The highest BCUT2D eigenvalue weighted by Crippen LogP contribution is 2.32. The van der Waals surface area contributed by atoms with Crippen molar-refractivity contribution in [3.63, 3.8) is 0 Å². The zero-order valence-corrected chi connectivity index (χ0v) is 19.2. The summed E-state index contributed by atoms with van der Waals surface area (Å²) in [4.78, 5) is 26.6. The summed E-state index contributed by atoms with van der Waals surface area (Å²) in [5.41, 5.74) is 0.731. The largest absolute Gasteiger partial charge is 0.872 e. The summed E-state index contributed by atoms with van der Waals surface area (Å²) >= 11 is 3.43. The number of hydrogen-bond donors (Lipinski definition) is 1. The molecule has 6 nitrogen and oxygen atoms in total. The lowest BCUT2D eigenvalue weighted by molar-refractivity contribution is -0.922. The molecule has 1 saturated heterocycles. The molecule has 2 unspecified atom stereocenters. The molecule has 1 aliphatic heterocycles. The van der Waals surface area contributed by atoms with E-state index in [2.05, 4.69) is 22.9 Å². The van der Waals surface area contributed by atoms with Crippen LogP contribution in [-0.2, 0) is 6.54 Å². The minimum atomic E-state index is -0.602. The second kappa shape index (κ2) is 8.22. The number of quaternary nitrogens is 1. The lowest BCUT2D eigenvalue weighted by Crippen LogP contribution is -3.12. The summed E-state index contributed by atoms with van der Waals surface area (Å²) in [7, 11) is 0. The van der Waals surface area contributed by atoms with Crippen LogP contribution in [0, 0.1) is 5.92 Å². The number of fused-ring (bicyclic) bond motifs is 2. The minimum Gasteiger partial charge on any atom is -0.872 e. The fraction of sp³-hybridized carbons (Fsp3) is 0.280. The Morgan fingerprint density at radius 3 is 2.75 bits per heavy atom. The van der Waals surface area contributed by atoms with Crippen molar-refractivity contribution < 1.29 is 18.8 Å². The van der Waals surface area contributed by atoms with Crippen molar-refractivity contribution in [2.45, 2.75) is 26.3 Å². The quantitative estimate of drug-likeness (QED) is 0.441. The molecule has 0 aliphatic carbocycles. The van der Waals surface area contributed by atoms with Crippen LogP contribution in [0.4, 0.5) is 0 Å². The smallest absolute Gasteiger partial charge is 0.344 e. The van der Waals surface area contributed by atoms with Gasteiger partial charge in [0, 0.05) is 38.4 Å². The van der Waals surface area contributed by atoms with Crippen LogP contribution in [0.5, 0.6) is 5.75 Å². The van der Waals surface area contributed by atoms with Crippen molar-refractivity contribution in [1.82, 2.24) is 0 Å². The van der Waals surface area contributed by atoms with Crippen LogP contribution in [-0.4, -0.2) is 13.1 Å². The van der Waals surface area contributed by atoms with E-state index in [9.17, 15) is 14.7 Å². The van der Waals surface area contributed by atoms with E-state index in [0.29, 0.717) is 34.6 Å². The predicted molar refractivity (Wildman–Crippen MR) is 124 cm³/mol. The van der Waals surface area contributed by atoms with Gasteiger partial charge in [0.1, 0.15) is 17.7 Å². The molecule has 2 aromatic heterocycles. The van der Waals surface area contributed by atoms with Gasteiger partial charge in [0.15, 0.2) is 0 Å². The van der Waals surface area contributed by atoms with Gasteiger partial charge in [0.2, 0.25) is 0 Å². The van der Waals surface area contributed by atoms with Gasteiger partial charge in [-0.15, -0.1) is 0 Å². The zero-order chi connectivity index (χ0) is 22.4. The van der Waals surface area contributed by atoms with Gasteiger partial charge in [-0.3, -0.25) is 0 Å². The van der Waals surface area contributed by atoms with Crippen LogP contribution < -0.4 is 21.3 Å². The first-order valence-electron chi connectivity index (χ1n) is 10.7. The van der Waals surface area contributed by atoms with Gasteiger partial charge in [-0.05, 0) is 37.1 Å². The molecule has 1 N–H and O–H groups in total. The Morgan fingerprint density at radius 1 is 1.09 bits per heavy atom. The maximum Gasteiger partial charge on any atom is 0.344 e. The van der Waals surface area contributed by atoms with E-state index in [4.69, 9.17) is 8.83 Å². The molecule has 7 heteroatoms. The van der Waals surface area contributed by atoms with Crippen molar-refractivity contribution in [2.24, 2.45) is 5.92 Å². The average molecular weight is 496 g/mol. The van der Waals surface area contributed by atoms with Gasteiger partial charge in [0.05, 0.1) is 18.7 Å². The number of nitrogens with one attached hydrogen (secondary N) is 1. The Balaban J connectivity index is 1.70. The molecule has 2 aromatic carbocycles. The molecule has 2 atom stereocenters. The van der Waals surface area contributed by atoms with Gasteiger partial charge in [0.25, 0.3) is 0 Å². The molecule has 1 aliphatic rings. The number of likely N-dealkylation sites (tertiary alicyclic amines) is 1. The SMILES string of the molecule is CC1CCC[NH+](Cc2c([O-])ccc3c(-c4cc5cc(Br)ccc5oc4=O)cc(=O)oc23)C1. The van der Waals surface area contributed by atoms with E-state index in [1.54, 1.807) is 24.3 Å². The first kappa shape index (κ1) is 21.0. The summed E-state index contributed by atoms with van der Waals surface area (Å²) in [6, 6.07) is 11.5. The highest BCUT2D eigenvalue weighted by Gasteiger charge is 2.23. The Labute approximate surface area is 192 Å². The summed E-state index contributed by atoms with van der Waals surface area (Å²) in [6.07, 6.45) is 2.30. The van der Waals surface area contributed by atoms with Gasteiger partial charge >= 0.3 is 11.3 Å². The fourth-order valence-electron chi connectivity index (χ4n) is 4.74. The minimum absolute atomic E-state index is 0.155. The molecule has 1 fully saturated rings. The van der Waals surface area contributed by atoms with E-state index >= 15 is 0 Å². The van der Waals surface area contributed by atoms with Crippen LogP contribution in [0.3, 0.4) is 0 Å². The van der Waals surface area contributed by atoms with Gasteiger partial charge in [-0.1, -0.05) is 40.7 Å². The van der Waals surface area contributed by atoms with E-state index in [1.165, 1.54) is 23.5 Å². The summed E-state index contributed by atoms with van der Waals surface area (Å²) in [5, 5.41) is 14.1. The Hall–Kier alpha value is -2.90. The van der Waals surface area contributed by atoms with Gasteiger partial charge in [-0.25, -0.2) is 9.59 Å². The molecule has 4 aromatic rings. The van der Waals surface area contributed by atoms with E-state index in [1.807, 2.05) is 6.07 Å². The normalized spacial score (nSPS) is 18.9. The maximum atomic E-state index is 12.8. The molecular formula is C25H22BrNO5. The molecule has 0 amide bonds. The van der Waals surface area contributed by atoms with Gasteiger partial charge in [-0.2, -0.15) is 0 Å². The maximum absolute atomic E-state index is 12.8. The summed E-state index contributed by atoms with van der Waals surface area (Å²) in [5.74, 6) is 0.436. The van der Waals surface area contributed by atoms with E-state index < -0.39 is 11.3 Å². The van der Waals surface area contributed by atoms with Crippen molar-refractivity contribution >= 4 is 37.9 Å². The molecule has 164 valence electrons. The second-order valence-corrected chi connectivity index (χ2v) is 9.57. The van der Waals surface area contributed by atoms with Crippen LogP contribution in [0.25, 0.3) is 33.1 Å². The molecule has 0 radical (unpaired) electrons. The fourth-order valence-corrected chi connectivity index (χ4v) is 5.12. The average Bonchev–Trinajstić information content (AvgIpc) is 2.75. The van der Waals surface area contributed by atoms with E-state index in [-0.39, 0.29) is 16.9 Å². The highest BCUT2D eigenvalue weighted by molar-refractivity contribution is 9.10. The second-order valence-electron chi connectivity index (χ2n) is 8.66. The molecule has 5 rings (SSSR count). The monoisotopic (exact) mass is 495 g/mol. The highest BCUT2D eigenvalue weighted by atomic mass is 79.9. The Bertz CT molecular complexity index is 1450. The third kappa shape index (κ3) is 3.87. The van der Waals surface area contributed by atoms with E-state index in [0.717, 1.165) is 29.4 Å². The van der Waals surface area contributed by atoms with Crippen LogP contribution in [0.1, 0.15) is 25.3 Å². The number of piperidine rings is 1. The third-order valence-electron chi connectivity index (χ3n) is 6.25. The molecule has 32 heavy (non-hydrogen) atoms. The number of rotatable bonds is 3. The van der Waals surface area contributed by atoms with Crippen LogP contribution >= 0.6 is 15.9 Å². The zero-order valence-electron chi connectivity index (χ0n) is 17.6. The predicted octanol–water partition coefficient (Wildman–Crippen LogP) is 3.22. The Morgan fingerprint density at radius 2 is 1.94 bits per heavy atom. The van der Waals surface area contributed by atoms with Crippen molar-refractivity contribution in [1.29, 1.82) is 0 Å². The molecular weight excluding hydrogens is 474 g/mol. The first-order chi connectivity index (χ1) is 15.4. The third-order valence-corrected chi connectivity index (χ3v) is 6.74. The van der Waals surface area contributed by atoms with Gasteiger partial charge < -0.3 is 18.8 Å². The van der Waals surface area contributed by atoms with Crippen molar-refractivity contribution in [2.75, 3.05) is 13.1 Å². The van der Waals surface area contributed by atoms with Crippen LogP contribution in [0.15, 0.2) is 65.4 Å². The number of hydrogen-bond acceptors (Lipinski definition) is 5. The molecule has 0 bridgehead atoms. The number of halogens is 1. The summed E-state index contributed by atoms with van der Waals surface area (Å²) in [6.45, 7) is 4.66. The molecule has 3 heterocycles. The standard InChI is InChI=1S/C25H22BrNO5/c1-14-3-2-8-27(12-14)13-20-21(28)6-5-17-18(11-23(29)32-24(17)20)19-10-15-9-16(26)4-7-22(15)31-25(19)30/h4-7,9-11,14,28H,2-3,8,12-13H2,1H3. The molecule has 0 spiro atoms. The first-order valence-corrected chi connectivity index (χ1v) is 11.5. The lowest BCUT2D eigenvalue weighted by atomic mass is 9.97. The Kier molecular flexibility index (Phi) is 5.39. The summed E-state index contributed by atoms with van der Waals surface area (Å²) < 4.78 is 11.9. The number of benzene rings is 2.